The van der Waals surface area contributed by atoms with Crippen molar-refractivity contribution in [1.82, 2.24) is 15.5 Å². The van der Waals surface area contributed by atoms with Crippen LogP contribution < -0.4 is 10.6 Å². The molecule has 1 unspecified atom stereocenters. The van der Waals surface area contributed by atoms with Gasteiger partial charge < -0.3 is 15.5 Å². The van der Waals surface area contributed by atoms with Crippen molar-refractivity contribution in [2.45, 2.75) is 58.7 Å². The molecule has 0 bridgehead atoms. The SMILES string of the molecule is CC1CCN(CC(NC(=O)[C@H]2Cc3ccc(F)cc3CN2)C(C)C)CC1. The number of carbonyl (C=O) groups is 1. The van der Waals surface area contributed by atoms with Crippen LogP contribution >= 0.6 is 0 Å². The van der Waals surface area contributed by atoms with Gasteiger partial charge in [-0.25, -0.2) is 4.39 Å². The predicted octanol–water partition coefficient (Wildman–Crippen LogP) is 2.71. The molecule has 4 nitrogen and oxygen atoms in total. The Morgan fingerprint density at radius 2 is 2.04 bits per heavy atom. The van der Waals surface area contributed by atoms with Crippen LogP contribution in [-0.4, -0.2) is 42.5 Å². The molecule has 0 radical (unpaired) electrons. The number of hydrogen-bond acceptors (Lipinski definition) is 3. The summed E-state index contributed by atoms with van der Waals surface area (Å²) in [5.74, 6) is 1.05. The number of benzene rings is 1. The van der Waals surface area contributed by atoms with Crippen LogP contribution in [0.5, 0.6) is 0 Å². The highest BCUT2D eigenvalue weighted by atomic mass is 19.1. The highest BCUT2D eigenvalue weighted by Crippen LogP contribution is 2.19. The lowest BCUT2D eigenvalue weighted by molar-refractivity contribution is -0.124. The third kappa shape index (κ3) is 4.83. The van der Waals surface area contributed by atoms with Crippen LogP contribution in [0.15, 0.2) is 18.2 Å². The van der Waals surface area contributed by atoms with Gasteiger partial charge in [0, 0.05) is 19.1 Å². The van der Waals surface area contributed by atoms with E-state index in [9.17, 15) is 9.18 Å². The molecular weight excluding hydrogens is 329 g/mol. The summed E-state index contributed by atoms with van der Waals surface area (Å²) in [5, 5.41) is 6.53. The van der Waals surface area contributed by atoms with Crippen molar-refractivity contribution in [2.75, 3.05) is 19.6 Å². The highest BCUT2D eigenvalue weighted by molar-refractivity contribution is 5.82. The van der Waals surface area contributed by atoms with Crippen molar-refractivity contribution < 1.29 is 9.18 Å². The molecule has 2 aliphatic rings. The van der Waals surface area contributed by atoms with Crippen molar-refractivity contribution in [3.8, 4) is 0 Å². The number of carbonyl (C=O) groups excluding carboxylic acids is 1. The van der Waals surface area contributed by atoms with Crippen LogP contribution in [0.1, 0.15) is 44.7 Å². The van der Waals surface area contributed by atoms with Crippen molar-refractivity contribution in [2.24, 2.45) is 11.8 Å². The summed E-state index contributed by atoms with van der Waals surface area (Å²) >= 11 is 0. The van der Waals surface area contributed by atoms with E-state index in [-0.39, 0.29) is 23.8 Å². The number of likely N-dealkylation sites (tertiary alicyclic amines) is 1. The smallest absolute Gasteiger partial charge is 0.237 e. The van der Waals surface area contributed by atoms with E-state index < -0.39 is 0 Å². The fourth-order valence-corrected chi connectivity index (χ4v) is 3.90. The predicted molar refractivity (Wildman–Crippen MR) is 102 cm³/mol. The molecule has 2 heterocycles. The average molecular weight is 362 g/mol. The zero-order valence-electron chi connectivity index (χ0n) is 16.2. The maximum absolute atomic E-state index is 13.3. The number of amides is 1. The van der Waals surface area contributed by atoms with Crippen molar-refractivity contribution in [1.29, 1.82) is 0 Å². The number of hydrogen-bond donors (Lipinski definition) is 2. The Morgan fingerprint density at radius 3 is 2.73 bits per heavy atom. The molecule has 2 aliphatic heterocycles. The molecule has 0 spiro atoms. The minimum absolute atomic E-state index is 0.0593. The molecule has 1 fully saturated rings. The molecule has 2 N–H and O–H groups in total. The van der Waals surface area contributed by atoms with Gasteiger partial charge in [0.15, 0.2) is 0 Å². The van der Waals surface area contributed by atoms with E-state index >= 15 is 0 Å². The van der Waals surface area contributed by atoms with Gasteiger partial charge in [0.1, 0.15) is 5.82 Å². The number of fused-ring (bicyclic) bond motifs is 1. The fourth-order valence-electron chi connectivity index (χ4n) is 3.90. The monoisotopic (exact) mass is 361 g/mol. The third-order valence-electron chi connectivity index (χ3n) is 5.91. The van der Waals surface area contributed by atoms with Gasteiger partial charge in [-0.05, 0) is 67.4 Å². The van der Waals surface area contributed by atoms with E-state index in [0.717, 1.165) is 36.7 Å². The largest absolute Gasteiger partial charge is 0.350 e. The lowest BCUT2D eigenvalue weighted by Gasteiger charge is -2.35. The molecule has 144 valence electrons. The Bertz CT molecular complexity index is 626. The number of rotatable bonds is 5. The van der Waals surface area contributed by atoms with E-state index in [0.29, 0.717) is 18.9 Å². The first-order chi connectivity index (χ1) is 12.4. The molecule has 2 atom stereocenters. The average Bonchev–Trinajstić information content (AvgIpc) is 2.62. The van der Waals surface area contributed by atoms with E-state index in [1.165, 1.54) is 18.9 Å². The van der Waals surface area contributed by atoms with Gasteiger partial charge in [0.25, 0.3) is 0 Å². The summed E-state index contributed by atoms with van der Waals surface area (Å²) in [6.45, 7) is 10.4. The van der Waals surface area contributed by atoms with Gasteiger partial charge in [0.2, 0.25) is 5.91 Å². The molecule has 5 heteroatoms. The van der Waals surface area contributed by atoms with Crippen LogP contribution in [0, 0.1) is 17.7 Å². The Kier molecular flexibility index (Phi) is 6.30. The summed E-state index contributed by atoms with van der Waals surface area (Å²) in [4.78, 5) is 15.3. The minimum Gasteiger partial charge on any atom is -0.350 e. The molecule has 1 aromatic rings. The Labute approximate surface area is 156 Å². The zero-order valence-corrected chi connectivity index (χ0v) is 16.2. The third-order valence-corrected chi connectivity index (χ3v) is 5.91. The maximum atomic E-state index is 13.3. The van der Waals surface area contributed by atoms with Gasteiger partial charge in [-0.15, -0.1) is 0 Å². The van der Waals surface area contributed by atoms with Crippen LogP contribution in [0.2, 0.25) is 0 Å². The van der Waals surface area contributed by atoms with Gasteiger partial charge in [-0.1, -0.05) is 26.8 Å². The van der Waals surface area contributed by atoms with Crippen molar-refractivity contribution in [3.05, 3.63) is 35.1 Å². The molecule has 3 rings (SSSR count). The van der Waals surface area contributed by atoms with Gasteiger partial charge in [-0.2, -0.15) is 0 Å². The standard InChI is InChI=1S/C21H32FN3O/c1-14(2)20(13-25-8-6-15(3)7-9-25)24-21(26)19-11-16-4-5-18(22)10-17(16)12-23-19/h4-5,10,14-15,19-20,23H,6-9,11-13H2,1-3H3,(H,24,26)/t19-,20?/m1/s1. The van der Waals surface area contributed by atoms with Gasteiger partial charge in [0.05, 0.1) is 6.04 Å². The first-order valence-corrected chi connectivity index (χ1v) is 9.95. The summed E-state index contributed by atoms with van der Waals surface area (Å²) in [6, 6.07) is 4.77. The first-order valence-electron chi connectivity index (χ1n) is 9.95. The second-order valence-electron chi connectivity index (χ2n) is 8.39. The molecule has 26 heavy (non-hydrogen) atoms. The molecule has 0 saturated carbocycles. The molecule has 0 aromatic heterocycles. The molecule has 0 aliphatic carbocycles. The number of halogens is 1. The van der Waals surface area contributed by atoms with Gasteiger partial charge >= 0.3 is 0 Å². The lowest BCUT2D eigenvalue weighted by atomic mass is 9.94. The number of nitrogens with one attached hydrogen (secondary N) is 2. The van der Waals surface area contributed by atoms with Crippen LogP contribution in [0.3, 0.4) is 0 Å². The quantitative estimate of drug-likeness (QED) is 0.848. The van der Waals surface area contributed by atoms with Crippen LogP contribution in [-0.2, 0) is 17.8 Å². The lowest BCUT2D eigenvalue weighted by Crippen LogP contribution is -2.54. The highest BCUT2D eigenvalue weighted by Gasteiger charge is 2.28. The Hall–Kier alpha value is -1.46. The summed E-state index contributed by atoms with van der Waals surface area (Å²) in [5.41, 5.74) is 2.02. The van der Waals surface area contributed by atoms with E-state index in [1.807, 2.05) is 0 Å². The molecule has 1 aromatic carbocycles. The number of nitrogens with zero attached hydrogens (tertiary/aromatic N) is 1. The Balaban J connectivity index is 1.57. The van der Waals surface area contributed by atoms with Crippen molar-refractivity contribution in [3.63, 3.8) is 0 Å². The molecular formula is C21H32FN3O. The Morgan fingerprint density at radius 1 is 1.31 bits per heavy atom. The molecule has 1 saturated heterocycles. The van der Waals surface area contributed by atoms with Crippen LogP contribution in [0.25, 0.3) is 0 Å². The van der Waals surface area contributed by atoms with Crippen molar-refractivity contribution >= 4 is 5.91 Å². The summed E-state index contributed by atoms with van der Waals surface area (Å²) in [7, 11) is 0. The molecule has 1 amide bonds. The summed E-state index contributed by atoms with van der Waals surface area (Å²) < 4.78 is 13.3. The van der Waals surface area contributed by atoms with Gasteiger partial charge in [-0.3, -0.25) is 4.79 Å². The van der Waals surface area contributed by atoms with Crippen LogP contribution in [0.4, 0.5) is 4.39 Å². The number of piperidine rings is 1. The maximum Gasteiger partial charge on any atom is 0.237 e. The topological polar surface area (TPSA) is 44.4 Å². The fraction of sp³-hybridized carbons (Fsp3) is 0.667. The minimum atomic E-state index is -0.240. The normalized spacial score (nSPS) is 22.9. The van der Waals surface area contributed by atoms with E-state index in [2.05, 4.69) is 36.3 Å². The van der Waals surface area contributed by atoms with E-state index in [4.69, 9.17) is 0 Å². The first kappa shape index (κ1) is 19.3. The van der Waals surface area contributed by atoms with E-state index in [1.54, 1.807) is 12.1 Å². The second-order valence-corrected chi connectivity index (χ2v) is 8.39. The zero-order chi connectivity index (χ0) is 18.7. The second kappa shape index (κ2) is 8.49. The summed E-state index contributed by atoms with van der Waals surface area (Å²) in [6.07, 6.45) is 3.11.